The van der Waals surface area contributed by atoms with Crippen LogP contribution in [0.2, 0.25) is 0 Å². The van der Waals surface area contributed by atoms with Crippen LogP contribution in [-0.4, -0.2) is 17.2 Å². The van der Waals surface area contributed by atoms with Crippen LogP contribution >= 0.6 is 0 Å². The van der Waals surface area contributed by atoms with Crippen LogP contribution in [0.25, 0.3) is 11.1 Å². The first-order valence-corrected chi connectivity index (χ1v) is 5.52. The third kappa shape index (κ3) is 2.50. The number of hydrogen-bond donors (Lipinski definition) is 2. The molecule has 0 saturated heterocycles. The SMILES string of the molecule is Cc1ccc(-c2cc(F)c(B(O)O)c(F)c2F)cc1. The molecule has 2 N–H and O–H groups in total. The number of hydrogen-bond acceptors (Lipinski definition) is 2. The van der Waals surface area contributed by atoms with Gasteiger partial charge in [0.1, 0.15) is 5.82 Å². The Morgan fingerprint density at radius 3 is 2.05 bits per heavy atom. The Labute approximate surface area is 108 Å². The average molecular weight is 266 g/mol. The number of halogens is 3. The van der Waals surface area contributed by atoms with Crippen LogP contribution < -0.4 is 5.46 Å². The van der Waals surface area contributed by atoms with Crippen LogP contribution in [0, 0.1) is 24.4 Å². The monoisotopic (exact) mass is 266 g/mol. The summed E-state index contributed by atoms with van der Waals surface area (Å²) in [6.45, 7) is 1.83. The quantitative estimate of drug-likeness (QED) is 0.642. The van der Waals surface area contributed by atoms with Gasteiger partial charge in [-0.1, -0.05) is 29.8 Å². The molecule has 0 aliphatic heterocycles. The second-order valence-corrected chi connectivity index (χ2v) is 4.19. The van der Waals surface area contributed by atoms with Crippen LogP contribution in [0.15, 0.2) is 30.3 Å². The highest BCUT2D eigenvalue weighted by Gasteiger charge is 2.27. The largest absolute Gasteiger partial charge is 0.494 e. The van der Waals surface area contributed by atoms with Crippen molar-refractivity contribution >= 4 is 12.6 Å². The van der Waals surface area contributed by atoms with Gasteiger partial charge in [0.15, 0.2) is 11.6 Å². The summed E-state index contributed by atoms with van der Waals surface area (Å²) in [5.74, 6) is -4.11. The molecule has 6 heteroatoms. The molecular weight excluding hydrogens is 256 g/mol. The van der Waals surface area contributed by atoms with Gasteiger partial charge in [-0.15, -0.1) is 0 Å². The van der Waals surface area contributed by atoms with Crippen molar-refractivity contribution in [2.45, 2.75) is 6.92 Å². The highest BCUT2D eigenvalue weighted by molar-refractivity contribution is 6.58. The lowest BCUT2D eigenvalue weighted by atomic mass is 9.78. The van der Waals surface area contributed by atoms with Gasteiger partial charge >= 0.3 is 7.12 Å². The molecule has 2 aromatic rings. The first kappa shape index (κ1) is 13.6. The maximum Gasteiger partial charge on any atom is 0.494 e. The van der Waals surface area contributed by atoms with Gasteiger partial charge < -0.3 is 10.0 Å². The first-order chi connectivity index (χ1) is 8.91. The second kappa shape index (κ2) is 5.07. The summed E-state index contributed by atoms with van der Waals surface area (Å²) < 4.78 is 41.0. The highest BCUT2D eigenvalue weighted by atomic mass is 19.2. The number of aryl methyl sites for hydroxylation is 1. The molecule has 0 fully saturated rings. The lowest BCUT2D eigenvalue weighted by Gasteiger charge is -2.10. The van der Waals surface area contributed by atoms with Crippen LogP contribution in [0.1, 0.15) is 5.56 Å². The Hall–Kier alpha value is -1.79. The van der Waals surface area contributed by atoms with Gasteiger partial charge in [0.05, 0.1) is 5.46 Å². The van der Waals surface area contributed by atoms with Crippen molar-refractivity contribution in [2.24, 2.45) is 0 Å². The fourth-order valence-corrected chi connectivity index (χ4v) is 1.79. The molecule has 0 radical (unpaired) electrons. The lowest BCUT2D eigenvalue weighted by Crippen LogP contribution is -2.36. The van der Waals surface area contributed by atoms with Gasteiger partial charge in [0.2, 0.25) is 0 Å². The maximum atomic E-state index is 13.8. The van der Waals surface area contributed by atoms with Gasteiger partial charge in [0, 0.05) is 5.56 Å². The normalized spacial score (nSPS) is 10.6. The molecule has 0 atom stereocenters. The molecular formula is C13H10BF3O2. The minimum atomic E-state index is -2.40. The van der Waals surface area contributed by atoms with Gasteiger partial charge in [-0.3, -0.25) is 0 Å². The van der Waals surface area contributed by atoms with E-state index in [9.17, 15) is 13.2 Å². The van der Waals surface area contributed by atoms with E-state index in [1.807, 2.05) is 6.92 Å². The molecule has 0 unspecified atom stereocenters. The van der Waals surface area contributed by atoms with E-state index in [0.29, 0.717) is 5.56 Å². The molecule has 2 aromatic carbocycles. The van der Waals surface area contributed by atoms with Gasteiger partial charge in [-0.25, -0.2) is 13.2 Å². The fourth-order valence-electron chi connectivity index (χ4n) is 1.79. The average Bonchev–Trinajstić information content (AvgIpc) is 2.34. The predicted molar refractivity (Wildman–Crippen MR) is 66.3 cm³/mol. The third-order valence-corrected chi connectivity index (χ3v) is 2.81. The van der Waals surface area contributed by atoms with Crippen molar-refractivity contribution in [1.82, 2.24) is 0 Å². The molecule has 0 bridgehead atoms. The zero-order valence-electron chi connectivity index (χ0n) is 9.99. The molecule has 19 heavy (non-hydrogen) atoms. The van der Waals surface area contributed by atoms with E-state index < -0.39 is 30.0 Å². The Morgan fingerprint density at radius 1 is 0.947 bits per heavy atom. The van der Waals surface area contributed by atoms with E-state index in [1.165, 1.54) is 12.1 Å². The first-order valence-electron chi connectivity index (χ1n) is 5.52. The van der Waals surface area contributed by atoms with Gasteiger partial charge in [0.25, 0.3) is 0 Å². The van der Waals surface area contributed by atoms with Gasteiger partial charge in [-0.2, -0.15) is 0 Å². The minimum Gasteiger partial charge on any atom is -0.423 e. The van der Waals surface area contributed by atoms with E-state index in [-0.39, 0.29) is 5.56 Å². The zero-order valence-corrected chi connectivity index (χ0v) is 9.99. The molecule has 0 aliphatic rings. The van der Waals surface area contributed by atoms with Crippen molar-refractivity contribution in [3.05, 3.63) is 53.3 Å². The molecule has 0 amide bonds. The Balaban J connectivity index is 2.63. The standard InChI is InChI=1S/C13H10BF3O2/c1-7-2-4-8(5-3-7)9-6-10(15)11(14(18)19)13(17)12(9)16/h2-6,18-19H,1H3. The minimum absolute atomic E-state index is 0.264. The van der Waals surface area contributed by atoms with Crippen LogP contribution in [-0.2, 0) is 0 Å². The fraction of sp³-hybridized carbons (Fsp3) is 0.0769. The van der Waals surface area contributed by atoms with E-state index in [1.54, 1.807) is 12.1 Å². The van der Waals surface area contributed by atoms with E-state index >= 15 is 0 Å². The molecule has 0 heterocycles. The summed E-state index contributed by atoms with van der Waals surface area (Å²) in [4.78, 5) is 0. The summed E-state index contributed by atoms with van der Waals surface area (Å²) in [6, 6.07) is 7.17. The second-order valence-electron chi connectivity index (χ2n) is 4.19. The van der Waals surface area contributed by atoms with Crippen molar-refractivity contribution in [2.75, 3.05) is 0 Å². The van der Waals surface area contributed by atoms with Crippen molar-refractivity contribution < 1.29 is 23.2 Å². The van der Waals surface area contributed by atoms with Crippen LogP contribution in [0.5, 0.6) is 0 Å². The maximum absolute atomic E-state index is 13.8. The Kier molecular flexibility index (Phi) is 3.64. The molecule has 0 aromatic heterocycles. The zero-order chi connectivity index (χ0) is 14.2. The van der Waals surface area contributed by atoms with Crippen molar-refractivity contribution in [1.29, 1.82) is 0 Å². The molecule has 0 aliphatic carbocycles. The summed E-state index contributed by atoms with van der Waals surface area (Å²) in [7, 11) is -2.40. The third-order valence-electron chi connectivity index (χ3n) is 2.81. The van der Waals surface area contributed by atoms with Crippen molar-refractivity contribution in [3.63, 3.8) is 0 Å². The van der Waals surface area contributed by atoms with E-state index in [4.69, 9.17) is 10.0 Å². The number of rotatable bonds is 2. The Morgan fingerprint density at radius 2 is 1.53 bits per heavy atom. The predicted octanol–water partition coefficient (Wildman–Crippen LogP) is 1.76. The van der Waals surface area contributed by atoms with E-state index in [0.717, 1.165) is 11.6 Å². The summed E-state index contributed by atoms with van der Waals surface area (Å²) in [5, 5.41) is 17.6. The molecule has 98 valence electrons. The van der Waals surface area contributed by atoms with Crippen LogP contribution in [0.4, 0.5) is 13.2 Å². The Bertz CT molecular complexity index is 612. The topological polar surface area (TPSA) is 40.5 Å². The summed E-state index contributed by atoms with van der Waals surface area (Å²) in [6.07, 6.45) is 0. The summed E-state index contributed by atoms with van der Waals surface area (Å²) in [5.41, 5.74) is -0.125. The lowest BCUT2D eigenvalue weighted by molar-refractivity contribution is 0.415. The van der Waals surface area contributed by atoms with E-state index in [2.05, 4.69) is 0 Å². The highest BCUT2D eigenvalue weighted by Crippen LogP contribution is 2.25. The van der Waals surface area contributed by atoms with Crippen molar-refractivity contribution in [3.8, 4) is 11.1 Å². The smallest absolute Gasteiger partial charge is 0.423 e. The molecule has 0 spiro atoms. The van der Waals surface area contributed by atoms with Gasteiger partial charge in [-0.05, 0) is 18.6 Å². The van der Waals surface area contributed by atoms with Crippen LogP contribution in [0.3, 0.4) is 0 Å². The molecule has 2 rings (SSSR count). The molecule has 2 nitrogen and oxygen atoms in total. The molecule has 0 saturated carbocycles. The summed E-state index contributed by atoms with van der Waals surface area (Å²) >= 11 is 0. The number of benzene rings is 2.